The first-order valence-electron chi connectivity index (χ1n) is 7.54. The van der Waals surface area contributed by atoms with Gasteiger partial charge in [0.1, 0.15) is 11.9 Å². The second-order valence-corrected chi connectivity index (χ2v) is 6.92. The number of hydrogen-bond acceptors (Lipinski definition) is 3. The van der Waals surface area contributed by atoms with Gasteiger partial charge in [-0.25, -0.2) is 4.98 Å². The molecule has 20 heavy (non-hydrogen) atoms. The molecule has 1 fully saturated rings. The van der Waals surface area contributed by atoms with Crippen LogP contribution in [0.25, 0.3) is 0 Å². The molecule has 2 heterocycles. The SMILES string of the molecule is Cc1ccnc(N2CCCC(C(C)(C)C)CC2)c1C#N. The van der Waals surface area contributed by atoms with Gasteiger partial charge in [0.05, 0.1) is 5.56 Å². The van der Waals surface area contributed by atoms with E-state index in [1.54, 1.807) is 0 Å². The van der Waals surface area contributed by atoms with Crippen LogP contribution in [0.4, 0.5) is 5.82 Å². The second kappa shape index (κ2) is 5.83. The summed E-state index contributed by atoms with van der Waals surface area (Å²) in [6, 6.07) is 4.23. The van der Waals surface area contributed by atoms with Crippen LogP contribution in [0.5, 0.6) is 0 Å². The number of pyridine rings is 1. The molecule has 3 heteroatoms. The first-order valence-corrected chi connectivity index (χ1v) is 7.54. The highest BCUT2D eigenvalue weighted by Crippen LogP contribution is 2.35. The van der Waals surface area contributed by atoms with Crippen molar-refractivity contribution in [2.45, 2.75) is 47.0 Å². The maximum absolute atomic E-state index is 9.36. The minimum Gasteiger partial charge on any atom is -0.356 e. The minimum absolute atomic E-state index is 0.369. The average molecular weight is 271 g/mol. The lowest BCUT2D eigenvalue weighted by Gasteiger charge is -2.30. The molecule has 1 aliphatic heterocycles. The van der Waals surface area contributed by atoms with E-state index in [-0.39, 0.29) is 0 Å². The highest BCUT2D eigenvalue weighted by molar-refractivity contribution is 5.57. The molecule has 1 aromatic rings. The van der Waals surface area contributed by atoms with Crippen LogP contribution in [-0.2, 0) is 0 Å². The number of rotatable bonds is 1. The number of anilines is 1. The van der Waals surface area contributed by atoms with Gasteiger partial charge in [-0.05, 0) is 49.1 Å². The maximum Gasteiger partial charge on any atom is 0.146 e. The summed E-state index contributed by atoms with van der Waals surface area (Å²) in [5.74, 6) is 1.63. The monoisotopic (exact) mass is 271 g/mol. The van der Waals surface area contributed by atoms with Gasteiger partial charge < -0.3 is 4.90 Å². The Balaban J connectivity index is 2.20. The average Bonchev–Trinajstić information content (AvgIpc) is 2.63. The van der Waals surface area contributed by atoms with Crippen LogP contribution < -0.4 is 4.90 Å². The molecular weight excluding hydrogens is 246 g/mol. The summed E-state index contributed by atoms with van der Waals surface area (Å²) in [7, 11) is 0. The Hall–Kier alpha value is -1.56. The van der Waals surface area contributed by atoms with Gasteiger partial charge in [-0.1, -0.05) is 20.8 Å². The first-order chi connectivity index (χ1) is 9.43. The van der Waals surface area contributed by atoms with Gasteiger partial charge in [-0.15, -0.1) is 0 Å². The summed E-state index contributed by atoms with van der Waals surface area (Å²) in [5.41, 5.74) is 2.13. The third kappa shape index (κ3) is 3.12. The quantitative estimate of drug-likeness (QED) is 0.777. The molecule has 108 valence electrons. The standard InChI is InChI=1S/C17H25N3/c1-13-7-9-19-16(15(13)12-18)20-10-5-6-14(8-11-20)17(2,3)4/h7,9,14H,5-6,8,10-11H2,1-4H3. The Morgan fingerprint density at radius 3 is 2.70 bits per heavy atom. The fraction of sp³-hybridized carbons (Fsp3) is 0.647. The molecule has 0 amide bonds. The highest BCUT2D eigenvalue weighted by Gasteiger charge is 2.28. The molecular formula is C17H25N3. The van der Waals surface area contributed by atoms with Crippen LogP contribution in [0, 0.1) is 29.6 Å². The number of aromatic nitrogens is 1. The number of aryl methyl sites for hydroxylation is 1. The van der Waals surface area contributed by atoms with Crippen molar-refractivity contribution in [1.29, 1.82) is 5.26 Å². The van der Waals surface area contributed by atoms with E-state index in [1.807, 2.05) is 19.2 Å². The van der Waals surface area contributed by atoms with E-state index in [4.69, 9.17) is 0 Å². The molecule has 0 aliphatic carbocycles. The molecule has 0 bridgehead atoms. The van der Waals surface area contributed by atoms with Gasteiger partial charge in [-0.2, -0.15) is 5.26 Å². The summed E-state index contributed by atoms with van der Waals surface area (Å²) in [5, 5.41) is 9.36. The van der Waals surface area contributed by atoms with Crippen molar-refractivity contribution in [2.75, 3.05) is 18.0 Å². The molecule has 1 aromatic heterocycles. The van der Waals surface area contributed by atoms with Crippen molar-refractivity contribution in [1.82, 2.24) is 4.98 Å². The lowest BCUT2D eigenvalue weighted by Crippen LogP contribution is -2.27. The van der Waals surface area contributed by atoms with E-state index < -0.39 is 0 Å². The van der Waals surface area contributed by atoms with Crippen molar-refractivity contribution >= 4 is 5.82 Å². The number of nitriles is 1. The number of nitrogens with zero attached hydrogens (tertiary/aromatic N) is 3. The van der Waals surface area contributed by atoms with E-state index >= 15 is 0 Å². The summed E-state index contributed by atoms with van der Waals surface area (Å²) >= 11 is 0. The lowest BCUT2D eigenvalue weighted by atomic mass is 9.77. The summed E-state index contributed by atoms with van der Waals surface area (Å²) in [6.45, 7) is 11.0. The Bertz CT molecular complexity index is 508. The smallest absolute Gasteiger partial charge is 0.146 e. The molecule has 0 radical (unpaired) electrons. The Labute approximate surface area is 122 Å². The van der Waals surface area contributed by atoms with Crippen LogP contribution in [0.3, 0.4) is 0 Å². The van der Waals surface area contributed by atoms with Gasteiger partial charge in [0, 0.05) is 19.3 Å². The van der Waals surface area contributed by atoms with Gasteiger partial charge in [-0.3, -0.25) is 0 Å². The van der Waals surface area contributed by atoms with Crippen molar-refractivity contribution in [3.05, 3.63) is 23.4 Å². The predicted octanol–water partition coefficient (Wildman–Crippen LogP) is 3.91. The van der Waals surface area contributed by atoms with E-state index in [1.165, 1.54) is 19.3 Å². The Morgan fingerprint density at radius 1 is 1.30 bits per heavy atom. The zero-order valence-corrected chi connectivity index (χ0v) is 13.1. The summed E-state index contributed by atoms with van der Waals surface area (Å²) < 4.78 is 0. The van der Waals surface area contributed by atoms with Gasteiger partial charge in [0.15, 0.2) is 0 Å². The zero-order valence-electron chi connectivity index (χ0n) is 13.1. The van der Waals surface area contributed by atoms with E-state index in [9.17, 15) is 5.26 Å². The molecule has 0 saturated carbocycles. The Kier molecular flexibility index (Phi) is 4.32. The van der Waals surface area contributed by atoms with Gasteiger partial charge >= 0.3 is 0 Å². The van der Waals surface area contributed by atoms with E-state index in [0.717, 1.165) is 36.0 Å². The van der Waals surface area contributed by atoms with Crippen LogP contribution in [0.1, 0.15) is 51.2 Å². The zero-order chi connectivity index (χ0) is 14.8. The molecule has 0 aromatic carbocycles. The summed E-state index contributed by atoms with van der Waals surface area (Å²) in [4.78, 5) is 6.77. The molecule has 1 unspecified atom stereocenters. The van der Waals surface area contributed by atoms with Gasteiger partial charge in [0.25, 0.3) is 0 Å². The third-order valence-corrected chi connectivity index (χ3v) is 4.50. The highest BCUT2D eigenvalue weighted by atomic mass is 15.2. The van der Waals surface area contributed by atoms with Crippen LogP contribution in [0.2, 0.25) is 0 Å². The first kappa shape index (κ1) is 14.8. The topological polar surface area (TPSA) is 39.9 Å². The third-order valence-electron chi connectivity index (χ3n) is 4.50. The predicted molar refractivity (Wildman–Crippen MR) is 82.7 cm³/mol. The number of hydrogen-bond donors (Lipinski definition) is 0. The molecule has 1 saturated heterocycles. The minimum atomic E-state index is 0.369. The van der Waals surface area contributed by atoms with Crippen LogP contribution in [-0.4, -0.2) is 18.1 Å². The van der Waals surface area contributed by atoms with Crippen LogP contribution in [0.15, 0.2) is 12.3 Å². The normalized spacial score (nSPS) is 20.4. The Morgan fingerprint density at radius 2 is 2.05 bits per heavy atom. The maximum atomic E-state index is 9.36. The van der Waals surface area contributed by atoms with E-state index in [2.05, 4.69) is 36.7 Å². The molecule has 2 rings (SSSR count). The molecule has 1 aliphatic rings. The van der Waals surface area contributed by atoms with E-state index in [0.29, 0.717) is 5.41 Å². The fourth-order valence-electron chi connectivity index (χ4n) is 3.10. The molecule has 1 atom stereocenters. The fourth-order valence-corrected chi connectivity index (χ4v) is 3.10. The lowest BCUT2D eigenvalue weighted by molar-refractivity contribution is 0.220. The van der Waals surface area contributed by atoms with Crippen LogP contribution >= 0.6 is 0 Å². The largest absolute Gasteiger partial charge is 0.356 e. The van der Waals surface area contributed by atoms with Crippen molar-refractivity contribution in [3.8, 4) is 6.07 Å². The second-order valence-electron chi connectivity index (χ2n) is 6.92. The van der Waals surface area contributed by atoms with Crippen molar-refractivity contribution in [2.24, 2.45) is 11.3 Å². The summed E-state index contributed by atoms with van der Waals surface area (Å²) in [6.07, 6.45) is 5.46. The van der Waals surface area contributed by atoms with Gasteiger partial charge in [0.2, 0.25) is 0 Å². The molecule has 3 nitrogen and oxygen atoms in total. The molecule has 0 spiro atoms. The van der Waals surface area contributed by atoms with Crippen molar-refractivity contribution < 1.29 is 0 Å². The van der Waals surface area contributed by atoms with Crippen molar-refractivity contribution in [3.63, 3.8) is 0 Å². The molecule has 0 N–H and O–H groups in total.